The van der Waals surface area contributed by atoms with Crippen LogP contribution in [0.2, 0.25) is 0 Å². The summed E-state index contributed by atoms with van der Waals surface area (Å²) < 4.78 is 14.7. The molecule has 0 fully saturated rings. The molecule has 3 heteroatoms. The van der Waals surface area contributed by atoms with Crippen LogP contribution in [0.5, 0.6) is 0 Å². The molecule has 1 radical (unpaired) electrons. The van der Waals surface area contributed by atoms with Crippen LogP contribution in [0.25, 0.3) is 5.69 Å². The van der Waals surface area contributed by atoms with Crippen molar-refractivity contribution in [1.82, 2.24) is 9.78 Å². The first-order valence-corrected chi connectivity index (χ1v) is 6.08. The van der Waals surface area contributed by atoms with Crippen LogP contribution < -0.4 is 0 Å². The first-order valence-electron chi connectivity index (χ1n) is 6.08. The molecule has 2 nitrogen and oxygen atoms in total. The summed E-state index contributed by atoms with van der Waals surface area (Å²) in [5.41, 5.74) is 2.79. The monoisotopic (exact) mass is 251 g/mol. The third kappa shape index (κ3) is 2.71. The van der Waals surface area contributed by atoms with Crippen LogP contribution in [0.4, 0.5) is 4.39 Å². The molecule has 0 N–H and O–H groups in total. The number of nitrogens with zero attached hydrogens (tertiary/aromatic N) is 2. The van der Waals surface area contributed by atoms with E-state index in [1.807, 2.05) is 24.3 Å². The number of halogens is 1. The maximum absolute atomic E-state index is 13.2. The van der Waals surface area contributed by atoms with Crippen molar-refractivity contribution in [3.63, 3.8) is 0 Å². The summed E-state index contributed by atoms with van der Waals surface area (Å²) in [6.45, 7) is 0. The lowest BCUT2D eigenvalue weighted by Gasteiger charge is -2.01. The lowest BCUT2D eigenvalue weighted by Crippen LogP contribution is -1.97. The molecule has 0 amide bonds. The standard InChI is InChI=1S/C16H12FN2/c17-14-7-4-8-16(12-14)19-10-9-15(18-19)11-13-5-2-1-3-6-13/h1-9,12H,11H2. The minimum atomic E-state index is -0.272. The third-order valence-electron chi connectivity index (χ3n) is 2.86. The fourth-order valence-corrected chi connectivity index (χ4v) is 1.95. The zero-order valence-electron chi connectivity index (χ0n) is 10.3. The van der Waals surface area contributed by atoms with Crippen LogP contribution in [0.3, 0.4) is 0 Å². The first kappa shape index (κ1) is 11.7. The number of hydrogen-bond acceptors (Lipinski definition) is 1. The van der Waals surface area contributed by atoms with E-state index < -0.39 is 0 Å². The van der Waals surface area contributed by atoms with Gasteiger partial charge in [0.25, 0.3) is 0 Å². The minimum absolute atomic E-state index is 0.272. The number of benzene rings is 2. The SMILES string of the molecule is Fc1cccc(-n2[c]cc(Cc3ccccc3)n2)c1. The summed E-state index contributed by atoms with van der Waals surface area (Å²) in [5.74, 6) is -0.272. The van der Waals surface area contributed by atoms with E-state index in [2.05, 4.69) is 23.4 Å². The molecule has 0 aliphatic carbocycles. The summed E-state index contributed by atoms with van der Waals surface area (Å²) in [7, 11) is 0. The quantitative estimate of drug-likeness (QED) is 0.697. The molecule has 93 valence electrons. The van der Waals surface area contributed by atoms with Crippen LogP contribution in [-0.2, 0) is 6.42 Å². The Morgan fingerprint density at radius 3 is 2.68 bits per heavy atom. The van der Waals surface area contributed by atoms with Crippen molar-refractivity contribution < 1.29 is 4.39 Å². The molecular weight excluding hydrogens is 239 g/mol. The average Bonchev–Trinajstić information content (AvgIpc) is 2.88. The zero-order chi connectivity index (χ0) is 13.1. The Balaban J connectivity index is 1.84. The van der Waals surface area contributed by atoms with Crippen molar-refractivity contribution in [3.05, 3.63) is 83.9 Å². The van der Waals surface area contributed by atoms with Gasteiger partial charge in [-0.25, -0.2) is 9.07 Å². The minimum Gasteiger partial charge on any atom is -0.231 e. The predicted octanol–water partition coefficient (Wildman–Crippen LogP) is 3.40. The molecule has 0 saturated carbocycles. The predicted molar refractivity (Wildman–Crippen MR) is 71.6 cm³/mol. The fraction of sp³-hybridized carbons (Fsp3) is 0.0625. The Bertz CT molecular complexity index is 674. The molecule has 3 aromatic rings. The van der Waals surface area contributed by atoms with Crippen molar-refractivity contribution in [3.8, 4) is 5.69 Å². The lowest BCUT2D eigenvalue weighted by molar-refractivity contribution is 0.625. The normalized spacial score (nSPS) is 10.6. The molecule has 1 aromatic heterocycles. The van der Waals surface area contributed by atoms with E-state index in [-0.39, 0.29) is 5.82 Å². The van der Waals surface area contributed by atoms with E-state index in [9.17, 15) is 4.39 Å². The number of hydrogen-bond donors (Lipinski definition) is 0. The van der Waals surface area contributed by atoms with Gasteiger partial charge in [-0.1, -0.05) is 36.4 Å². The molecule has 0 saturated heterocycles. The van der Waals surface area contributed by atoms with Crippen LogP contribution in [-0.4, -0.2) is 9.78 Å². The summed E-state index contributed by atoms with van der Waals surface area (Å²) in [4.78, 5) is 0. The van der Waals surface area contributed by atoms with E-state index in [1.165, 1.54) is 17.7 Å². The number of rotatable bonds is 3. The second-order valence-electron chi connectivity index (χ2n) is 4.32. The zero-order valence-corrected chi connectivity index (χ0v) is 10.3. The third-order valence-corrected chi connectivity index (χ3v) is 2.86. The van der Waals surface area contributed by atoms with Crippen LogP contribution in [0.1, 0.15) is 11.3 Å². The van der Waals surface area contributed by atoms with E-state index in [0.717, 1.165) is 12.1 Å². The second-order valence-corrected chi connectivity index (χ2v) is 4.32. The van der Waals surface area contributed by atoms with Crippen molar-refractivity contribution in [2.75, 3.05) is 0 Å². The smallest absolute Gasteiger partial charge is 0.125 e. The summed E-state index contributed by atoms with van der Waals surface area (Å²) in [6, 6.07) is 18.3. The largest absolute Gasteiger partial charge is 0.231 e. The van der Waals surface area contributed by atoms with Gasteiger partial charge in [-0.05, 0) is 29.8 Å². The molecule has 0 spiro atoms. The molecular formula is C16H12FN2. The molecule has 1 heterocycles. The molecule has 0 aliphatic heterocycles. The van der Waals surface area contributed by atoms with Crippen molar-refractivity contribution in [2.45, 2.75) is 6.42 Å². The Morgan fingerprint density at radius 2 is 1.89 bits per heavy atom. The van der Waals surface area contributed by atoms with Gasteiger partial charge in [-0.3, -0.25) is 0 Å². The molecule has 0 bridgehead atoms. The van der Waals surface area contributed by atoms with Crippen LogP contribution in [0, 0.1) is 12.0 Å². The highest BCUT2D eigenvalue weighted by Gasteiger charge is 2.03. The van der Waals surface area contributed by atoms with Gasteiger partial charge in [-0.15, -0.1) is 0 Å². The van der Waals surface area contributed by atoms with Gasteiger partial charge in [0.05, 0.1) is 17.6 Å². The van der Waals surface area contributed by atoms with Gasteiger partial charge < -0.3 is 0 Å². The van der Waals surface area contributed by atoms with E-state index in [1.54, 1.807) is 16.8 Å². The lowest BCUT2D eigenvalue weighted by atomic mass is 10.1. The Labute approximate surface area is 111 Å². The fourth-order valence-electron chi connectivity index (χ4n) is 1.95. The van der Waals surface area contributed by atoms with Crippen molar-refractivity contribution >= 4 is 0 Å². The molecule has 3 rings (SSSR count). The molecule has 0 unspecified atom stereocenters. The Hall–Kier alpha value is -2.42. The number of aromatic nitrogens is 2. The highest BCUT2D eigenvalue weighted by atomic mass is 19.1. The van der Waals surface area contributed by atoms with E-state index >= 15 is 0 Å². The maximum atomic E-state index is 13.2. The molecule has 0 atom stereocenters. The van der Waals surface area contributed by atoms with Gasteiger partial charge >= 0.3 is 0 Å². The Kier molecular flexibility index (Phi) is 3.11. The van der Waals surface area contributed by atoms with Crippen LogP contribution >= 0.6 is 0 Å². The first-order chi connectivity index (χ1) is 9.31. The van der Waals surface area contributed by atoms with Gasteiger partial charge in [0, 0.05) is 6.42 Å². The molecule has 2 aromatic carbocycles. The highest BCUT2D eigenvalue weighted by Crippen LogP contribution is 2.11. The summed E-state index contributed by atoms with van der Waals surface area (Å²) in [6.07, 6.45) is 3.76. The molecule has 19 heavy (non-hydrogen) atoms. The van der Waals surface area contributed by atoms with Crippen molar-refractivity contribution in [2.24, 2.45) is 0 Å². The maximum Gasteiger partial charge on any atom is 0.125 e. The van der Waals surface area contributed by atoms with Gasteiger partial charge in [0.1, 0.15) is 5.82 Å². The van der Waals surface area contributed by atoms with Gasteiger partial charge in [-0.2, -0.15) is 5.10 Å². The van der Waals surface area contributed by atoms with Crippen molar-refractivity contribution in [1.29, 1.82) is 0 Å². The van der Waals surface area contributed by atoms with Gasteiger partial charge in [0.2, 0.25) is 0 Å². The topological polar surface area (TPSA) is 17.8 Å². The second kappa shape index (κ2) is 5.06. The van der Waals surface area contributed by atoms with E-state index in [4.69, 9.17) is 0 Å². The van der Waals surface area contributed by atoms with Gasteiger partial charge in [0.15, 0.2) is 0 Å². The average molecular weight is 251 g/mol. The molecule has 0 aliphatic rings. The highest BCUT2D eigenvalue weighted by molar-refractivity contribution is 5.31. The Morgan fingerprint density at radius 1 is 1.05 bits per heavy atom. The summed E-state index contributed by atoms with van der Waals surface area (Å²) in [5, 5.41) is 4.41. The summed E-state index contributed by atoms with van der Waals surface area (Å²) >= 11 is 0. The van der Waals surface area contributed by atoms with E-state index in [0.29, 0.717) is 5.69 Å². The van der Waals surface area contributed by atoms with Crippen LogP contribution in [0.15, 0.2) is 60.7 Å².